The van der Waals surface area contributed by atoms with Crippen molar-refractivity contribution in [3.63, 3.8) is 0 Å². The molecule has 5 rings (SSSR count). The molecule has 4 heterocycles. The summed E-state index contributed by atoms with van der Waals surface area (Å²) in [4.78, 5) is 21.2. The van der Waals surface area contributed by atoms with Crippen molar-refractivity contribution in [1.82, 2.24) is 29.6 Å². The number of nitrogens with two attached hydrogens (primary N) is 1. The summed E-state index contributed by atoms with van der Waals surface area (Å²) in [6, 6.07) is 6.90. The van der Waals surface area contributed by atoms with Crippen LogP contribution in [0.3, 0.4) is 0 Å². The molecule has 1 fully saturated rings. The first kappa shape index (κ1) is 24.5. The van der Waals surface area contributed by atoms with Gasteiger partial charge in [-0.2, -0.15) is 5.10 Å². The van der Waals surface area contributed by atoms with E-state index in [2.05, 4.69) is 25.1 Å². The van der Waals surface area contributed by atoms with E-state index in [1.165, 1.54) is 18.5 Å². The molecule has 1 aromatic carbocycles. The van der Waals surface area contributed by atoms with E-state index in [0.717, 1.165) is 12.1 Å². The average molecular weight is 517 g/mol. The molecule has 0 bridgehead atoms. The first-order valence-electron chi connectivity index (χ1n) is 11.2. The number of anilines is 1. The highest BCUT2D eigenvalue weighted by Gasteiger charge is 2.40. The van der Waals surface area contributed by atoms with Gasteiger partial charge in [0.2, 0.25) is 0 Å². The molecular weight excluding hydrogens is 495 g/mol. The number of nitrogen functional groups attached to an aromatic ring is 1. The number of nitrogens with one attached hydrogen (secondary N) is 1. The molecule has 0 radical (unpaired) electrons. The molecule has 11 nitrogen and oxygen atoms in total. The summed E-state index contributed by atoms with van der Waals surface area (Å²) in [5, 5.41) is 18.2. The number of ether oxygens (including phenoxy) is 2. The lowest BCUT2D eigenvalue weighted by Gasteiger charge is -2.16. The minimum absolute atomic E-state index is 0.0163. The third-order valence-corrected chi connectivity index (χ3v) is 5.92. The largest absolute Gasteiger partial charge is 0.573 e. The number of fused-ring (bicyclic) bond motifs is 1. The normalized spacial score (nSPS) is 19.9. The van der Waals surface area contributed by atoms with Crippen LogP contribution in [0.15, 0.2) is 49.1 Å². The lowest BCUT2D eigenvalue weighted by atomic mass is 10.1. The Bertz CT molecular complexity index is 1430. The van der Waals surface area contributed by atoms with Gasteiger partial charge >= 0.3 is 6.36 Å². The minimum Gasteiger partial charge on any atom is -0.406 e. The number of rotatable bonds is 6. The second kappa shape index (κ2) is 9.37. The van der Waals surface area contributed by atoms with Crippen molar-refractivity contribution in [3.8, 4) is 17.0 Å². The molecule has 0 aliphatic carbocycles. The van der Waals surface area contributed by atoms with E-state index in [0.29, 0.717) is 27.9 Å². The lowest BCUT2D eigenvalue weighted by molar-refractivity contribution is -0.274. The predicted octanol–water partition coefficient (Wildman–Crippen LogP) is 2.28. The van der Waals surface area contributed by atoms with Crippen molar-refractivity contribution in [2.75, 3.05) is 5.73 Å². The zero-order chi connectivity index (χ0) is 26.3. The number of benzene rings is 1. The van der Waals surface area contributed by atoms with Crippen LogP contribution in [0.1, 0.15) is 18.2 Å². The maximum absolute atomic E-state index is 12.8. The molecule has 1 saturated heterocycles. The van der Waals surface area contributed by atoms with Gasteiger partial charge in [0, 0.05) is 38.0 Å². The van der Waals surface area contributed by atoms with E-state index in [-0.39, 0.29) is 24.5 Å². The Balaban J connectivity index is 1.30. The summed E-state index contributed by atoms with van der Waals surface area (Å²) in [5.41, 5.74) is 8.46. The molecular formula is C23H22F3N7O4. The van der Waals surface area contributed by atoms with Gasteiger partial charge in [0.1, 0.15) is 29.8 Å². The van der Waals surface area contributed by atoms with Crippen LogP contribution in [-0.4, -0.2) is 53.9 Å². The topological polar surface area (TPSA) is 142 Å². The van der Waals surface area contributed by atoms with Gasteiger partial charge in [0.15, 0.2) is 6.10 Å². The van der Waals surface area contributed by atoms with Crippen LogP contribution < -0.4 is 15.8 Å². The number of carbonyl (C=O) groups is 1. The standard InChI is InChI=1S/C23H22F3N7O4/c1-32-7-6-15(31-32)14-10-33(21-18(14)20(27)29-11-30-21)17-8-16(34)19(36-17)22(35)28-9-12-2-4-13(5-3-12)37-23(24,25)26/h2-7,10-11,16-17,19,34H,8-9H2,1H3,(H,28,35)(H2,27,29,30)/t16-,17+,19-/m0/s1. The number of aliphatic hydroxyl groups is 1. The Kier molecular flexibility index (Phi) is 6.21. The maximum Gasteiger partial charge on any atom is 0.573 e. The predicted molar refractivity (Wildman–Crippen MR) is 124 cm³/mol. The number of hydrogen-bond donors (Lipinski definition) is 3. The van der Waals surface area contributed by atoms with Gasteiger partial charge in [0.25, 0.3) is 5.91 Å². The van der Waals surface area contributed by atoms with Gasteiger partial charge in [-0.05, 0) is 23.8 Å². The van der Waals surface area contributed by atoms with Crippen LogP contribution in [0, 0.1) is 0 Å². The van der Waals surface area contributed by atoms with Gasteiger partial charge in [0.05, 0.1) is 17.2 Å². The number of hydrogen-bond acceptors (Lipinski definition) is 8. The first-order valence-corrected chi connectivity index (χ1v) is 11.2. The number of halogens is 3. The number of aliphatic hydroxyl groups excluding tert-OH is 1. The van der Waals surface area contributed by atoms with Crippen molar-refractivity contribution >= 4 is 22.8 Å². The van der Waals surface area contributed by atoms with Gasteiger partial charge in [-0.25, -0.2) is 9.97 Å². The molecule has 37 heavy (non-hydrogen) atoms. The summed E-state index contributed by atoms with van der Waals surface area (Å²) < 4.78 is 50.0. The summed E-state index contributed by atoms with van der Waals surface area (Å²) in [7, 11) is 1.78. The monoisotopic (exact) mass is 517 g/mol. The van der Waals surface area contributed by atoms with Crippen molar-refractivity contribution in [2.24, 2.45) is 7.05 Å². The van der Waals surface area contributed by atoms with Crippen molar-refractivity contribution in [2.45, 2.75) is 37.8 Å². The Morgan fingerprint density at radius 2 is 2.03 bits per heavy atom. The van der Waals surface area contributed by atoms with E-state index in [4.69, 9.17) is 10.5 Å². The highest BCUT2D eigenvalue weighted by Crippen LogP contribution is 2.37. The molecule has 1 aliphatic heterocycles. The Labute approximate surface area is 207 Å². The quantitative estimate of drug-likeness (QED) is 0.354. The number of amides is 1. The van der Waals surface area contributed by atoms with Gasteiger partial charge in [-0.3, -0.25) is 9.48 Å². The smallest absolute Gasteiger partial charge is 0.406 e. The van der Waals surface area contributed by atoms with E-state index >= 15 is 0 Å². The van der Waals surface area contributed by atoms with Crippen LogP contribution >= 0.6 is 0 Å². The average Bonchev–Trinajstić information content (AvgIpc) is 3.54. The van der Waals surface area contributed by atoms with Gasteiger partial charge < -0.3 is 30.2 Å². The summed E-state index contributed by atoms with van der Waals surface area (Å²) in [5.74, 6) is -0.682. The second-order valence-corrected chi connectivity index (χ2v) is 8.51. The fourth-order valence-electron chi connectivity index (χ4n) is 4.24. The van der Waals surface area contributed by atoms with Crippen LogP contribution in [0.25, 0.3) is 22.3 Å². The molecule has 0 spiro atoms. The van der Waals surface area contributed by atoms with E-state index in [9.17, 15) is 23.1 Å². The molecule has 194 valence electrons. The third kappa shape index (κ3) is 5.06. The molecule has 3 atom stereocenters. The minimum atomic E-state index is -4.79. The molecule has 4 aromatic rings. The van der Waals surface area contributed by atoms with Crippen LogP contribution in [0.2, 0.25) is 0 Å². The lowest BCUT2D eigenvalue weighted by Crippen LogP contribution is -2.39. The highest BCUT2D eigenvalue weighted by molar-refractivity contribution is 5.99. The van der Waals surface area contributed by atoms with E-state index in [1.54, 1.807) is 28.7 Å². The molecule has 0 saturated carbocycles. The number of aromatic nitrogens is 5. The maximum atomic E-state index is 12.8. The number of aryl methyl sites for hydroxylation is 1. The molecule has 4 N–H and O–H groups in total. The number of alkyl halides is 3. The zero-order valence-corrected chi connectivity index (χ0v) is 19.4. The fraction of sp³-hybridized carbons (Fsp3) is 0.304. The second-order valence-electron chi connectivity index (χ2n) is 8.51. The molecule has 1 amide bonds. The molecule has 0 unspecified atom stereocenters. The number of carbonyl (C=O) groups excluding carboxylic acids is 1. The third-order valence-electron chi connectivity index (χ3n) is 5.92. The summed E-state index contributed by atoms with van der Waals surface area (Å²) in [6.07, 6.45) is -2.84. The van der Waals surface area contributed by atoms with Crippen LogP contribution in [0.5, 0.6) is 5.75 Å². The van der Waals surface area contributed by atoms with Crippen molar-refractivity contribution in [3.05, 3.63) is 54.6 Å². The van der Waals surface area contributed by atoms with Crippen LogP contribution in [-0.2, 0) is 23.1 Å². The SMILES string of the molecule is Cn1ccc(-c2cn([C@H]3C[C@H](O)[C@@H](C(=O)NCc4ccc(OC(F)(F)F)cc4)O3)c3ncnc(N)c23)n1. The highest BCUT2D eigenvalue weighted by atomic mass is 19.4. The van der Waals surface area contributed by atoms with Gasteiger partial charge in [-0.15, -0.1) is 13.2 Å². The van der Waals surface area contributed by atoms with E-state index in [1.807, 2.05) is 6.07 Å². The molecule has 3 aromatic heterocycles. The number of nitrogens with zero attached hydrogens (tertiary/aromatic N) is 5. The Morgan fingerprint density at radius 3 is 2.70 bits per heavy atom. The van der Waals surface area contributed by atoms with Crippen LogP contribution in [0.4, 0.5) is 19.0 Å². The van der Waals surface area contributed by atoms with Crippen molar-refractivity contribution < 1.29 is 32.5 Å². The Morgan fingerprint density at radius 1 is 1.27 bits per heavy atom. The molecule has 1 aliphatic rings. The molecule has 14 heteroatoms. The summed E-state index contributed by atoms with van der Waals surface area (Å²) >= 11 is 0. The summed E-state index contributed by atoms with van der Waals surface area (Å²) in [6.45, 7) is 0.0163. The Hall–Kier alpha value is -4.17. The zero-order valence-electron chi connectivity index (χ0n) is 19.4. The first-order chi connectivity index (χ1) is 17.6. The van der Waals surface area contributed by atoms with Gasteiger partial charge in [-0.1, -0.05) is 12.1 Å². The van der Waals surface area contributed by atoms with E-state index < -0.39 is 30.7 Å². The fourth-order valence-corrected chi connectivity index (χ4v) is 4.24. The van der Waals surface area contributed by atoms with Crippen molar-refractivity contribution in [1.29, 1.82) is 0 Å².